The van der Waals surface area contributed by atoms with Gasteiger partial charge in [0.2, 0.25) is 5.91 Å². The molecule has 0 unspecified atom stereocenters. The molecule has 1 aliphatic rings. The van der Waals surface area contributed by atoms with E-state index in [1.54, 1.807) is 0 Å². The Morgan fingerprint density at radius 3 is 2.42 bits per heavy atom. The zero-order valence-electron chi connectivity index (χ0n) is 15.1. The smallest absolute Gasteiger partial charge is 0.224 e. The van der Waals surface area contributed by atoms with Crippen molar-refractivity contribution < 1.29 is 4.79 Å². The number of amides is 1. The van der Waals surface area contributed by atoms with Crippen LogP contribution in [-0.2, 0) is 11.3 Å². The summed E-state index contributed by atoms with van der Waals surface area (Å²) in [6, 6.07) is 20.4. The summed E-state index contributed by atoms with van der Waals surface area (Å²) >= 11 is 0. The van der Waals surface area contributed by atoms with Gasteiger partial charge in [0.05, 0.1) is 11.4 Å². The van der Waals surface area contributed by atoms with Gasteiger partial charge in [-0.15, -0.1) is 0 Å². The number of para-hydroxylation sites is 1. The molecule has 0 bridgehead atoms. The second-order valence-electron chi connectivity index (χ2n) is 6.97. The number of nitrogens with zero attached hydrogens (tertiary/aromatic N) is 2. The summed E-state index contributed by atoms with van der Waals surface area (Å²) in [5, 5.41) is 7.76. The fourth-order valence-electron chi connectivity index (χ4n) is 3.61. The van der Waals surface area contributed by atoms with E-state index in [0.717, 1.165) is 29.1 Å². The Morgan fingerprint density at radius 2 is 1.73 bits per heavy atom. The van der Waals surface area contributed by atoms with Crippen molar-refractivity contribution in [3.63, 3.8) is 0 Å². The molecule has 1 heterocycles. The van der Waals surface area contributed by atoms with Crippen LogP contribution in [0, 0.1) is 19.8 Å². The standard InChI is InChI=1S/C22H23N3O/c1-15-21(16(2)25(24-15)18-11-7-4-8-12-18)14-23-22(26)20-13-19(20)17-9-5-3-6-10-17/h3-12,19-20H,13-14H2,1-2H3,(H,23,26)/t19-,20-/m1/s1. The maximum absolute atomic E-state index is 12.5. The highest BCUT2D eigenvalue weighted by atomic mass is 16.2. The molecule has 0 saturated heterocycles. The first-order valence-corrected chi connectivity index (χ1v) is 9.08. The maximum atomic E-state index is 12.5. The average Bonchev–Trinajstić information content (AvgIpc) is 3.43. The van der Waals surface area contributed by atoms with E-state index in [-0.39, 0.29) is 11.8 Å². The van der Waals surface area contributed by atoms with Gasteiger partial charge in [-0.1, -0.05) is 48.5 Å². The normalized spacial score (nSPS) is 18.5. The number of nitrogens with one attached hydrogen (secondary N) is 1. The second kappa shape index (κ2) is 6.79. The molecule has 1 aromatic heterocycles. The molecule has 4 heteroatoms. The fourth-order valence-corrected chi connectivity index (χ4v) is 3.61. The van der Waals surface area contributed by atoms with Crippen LogP contribution < -0.4 is 5.32 Å². The van der Waals surface area contributed by atoms with Crippen LogP contribution in [0.1, 0.15) is 34.9 Å². The molecule has 3 aromatic rings. The predicted octanol–water partition coefficient (Wildman–Crippen LogP) is 3.91. The number of benzene rings is 2. The summed E-state index contributed by atoms with van der Waals surface area (Å²) in [6.45, 7) is 4.58. The molecule has 0 radical (unpaired) electrons. The number of carbonyl (C=O) groups excluding carboxylic acids is 1. The van der Waals surface area contributed by atoms with Crippen LogP contribution in [0.4, 0.5) is 0 Å². The van der Waals surface area contributed by atoms with Crippen molar-refractivity contribution in [1.82, 2.24) is 15.1 Å². The van der Waals surface area contributed by atoms with Gasteiger partial charge in [0, 0.05) is 23.7 Å². The van der Waals surface area contributed by atoms with E-state index in [1.165, 1.54) is 5.56 Å². The van der Waals surface area contributed by atoms with Gasteiger partial charge in [0.25, 0.3) is 0 Å². The minimum atomic E-state index is 0.0992. The van der Waals surface area contributed by atoms with E-state index in [2.05, 4.69) is 29.5 Å². The Bertz CT molecular complexity index is 915. The lowest BCUT2D eigenvalue weighted by atomic mass is 10.1. The third kappa shape index (κ3) is 3.15. The van der Waals surface area contributed by atoms with Crippen molar-refractivity contribution >= 4 is 5.91 Å². The number of hydrogen-bond donors (Lipinski definition) is 1. The van der Waals surface area contributed by atoms with Crippen molar-refractivity contribution in [3.8, 4) is 5.69 Å². The van der Waals surface area contributed by atoms with Crippen LogP contribution in [0.2, 0.25) is 0 Å². The quantitative estimate of drug-likeness (QED) is 0.762. The van der Waals surface area contributed by atoms with Gasteiger partial charge in [0.15, 0.2) is 0 Å². The Balaban J connectivity index is 1.43. The lowest BCUT2D eigenvalue weighted by molar-refractivity contribution is -0.122. The van der Waals surface area contributed by atoms with Crippen LogP contribution in [-0.4, -0.2) is 15.7 Å². The van der Waals surface area contributed by atoms with Crippen LogP contribution in [0.25, 0.3) is 5.69 Å². The molecule has 2 atom stereocenters. The van der Waals surface area contributed by atoms with E-state index >= 15 is 0 Å². The Labute approximate surface area is 153 Å². The summed E-state index contributed by atoms with van der Waals surface area (Å²) in [4.78, 5) is 12.5. The van der Waals surface area contributed by atoms with Crippen LogP contribution >= 0.6 is 0 Å². The minimum absolute atomic E-state index is 0.0992. The monoisotopic (exact) mass is 345 g/mol. The van der Waals surface area contributed by atoms with Gasteiger partial charge in [-0.2, -0.15) is 5.10 Å². The first kappa shape index (κ1) is 16.6. The molecule has 2 aromatic carbocycles. The van der Waals surface area contributed by atoms with E-state index in [0.29, 0.717) is 12.5 Å². The minimum Gasteiger partial charge on any atom is -0.352 e. The predicted molar refractivity (Wildman–Crippen MR) is 102 cm³/mol. The molecule has 1 fully saturated rings. The van der Waals surface area contributed by atoms with Gasteiger partial charge in [-0.05, 0) is 43.9 Å². The summed E-state index contributed by atoms with van der Waals surface area (Å²) in [5.74, 6) is 0.609. The first-order chi connectivity index (χ1) is 12.6. The van der Waals surface area contributed by atoms with Gasteiger partial charge < -0.3 is 5.32 Å². The van der Waals surface area contributed by atoms with E-state index in [9.17, 15) is 4.79 Å². The van der Waals surface area contributed by atoms with Crippen LogP contribution in [0.5, 0.6) is 0 Å². The summed E-state index contributed by atoms with van der Waals surface area (Å²) in [6.07, 6.45) is 0.942. The van der Waals surface area contributed by atoms with Crippen molar-refractivity contribution in [2.45, 2.75) is 32.7 Å². The molecule has 1 amide bonds. The molecule has 132 valence electrons. The summed E-state index contributed by atoms with van der Waals surface area (Å²) < 4.78 is 1.95. The highest BCUT2D eigenvalue weighted by molar-refractivity contribution is 5.82. The molecule has 0 spiro atoms. The summed E-state index contributed by atoms with van der Waals surface area (Å²) in [7, 11) is 0. The van der Waals surface area contributed by atoms with Gasteiger partial charge >= 0.3 is 0 Å². The molecule has 26 heavy (non-hydrogen) atoms. The highest BCUT2D eigenvalue weighted by Crippen LogP contribution is 2.47. The lowest BCUT2D eigenvalue weighted by Gasteiger charge is -2.07. The largest absolute Gasteiger partial charge is 0.352 e. The van der Waals surface area contributed by atoms with E-state index in [1.807, 2.05) is 60.1 Å². The summed E-state index contributed by atoms with van der Waals surface area (Å²) in [5.41, 5.74) is 5.43. The van der Waals surface area contributed by atoms with Crippen molar-refractivity contribution in [2.24, 2.45) is 5.92 Å². The van der Waals surface area contributed by atoms with Crippen LogP contribution in [0.15, 0.2) is 60.7 Å². The molecule has 4 nitrogen and oxygen atoms in total. The average molecular weight is 345 g/mol. The lowest BCUT2D eigenvalue weighted by Crippen LogP contribution is -2.25. The third-order valence-electron chi connectivity index (χ3n) is 5.24. The molecule has 4 rings (SSSR count). The molecular weight excluding hydrogens is 322 g/mol. The van der Waals surface area contributed by atoms with Crippen molar-refractivity contribution in [3.05, 3.63) is 83.2 Å². The topological polar surface area (TPSA) is 46.9 Å². The SMILES string of the molecule is Cc1nn(-c2ccccc2)c(C)c1CNC(=O)[C@@H]1C[C@@H]1c1ccccc1. The number of carbonyl (C=O) groups is 1. The number of rotatable bonds is 5. The van der Waals surface area contributed by atoms with Crippen molar-refractivity contribution in [2.75, 3.05) is 0 Å². The molecule has 1 aliphatic carbocycles. The highest BCUT2D eigenvalue weighted by Gasteiger charge is 2.43. The van der Waals surface area contributed by atoms with E-state index < -0.39 is 0 Å². The van der Waals surface area contributed by atoms with Gasteiger partial charge in [-0.25, -0.2) is 4.68 Å². The van der Waals surface area contributed by atoms with Gasteiger partial charge in [0.1, 0.15) is 0 Å². The number of aryl methyl sites for hydroxylation is 1. The maximum Gasteiger partial charge on any atom is 0.224 e. The Kier molecular flexibility index (Phi) is 4.33. The molecule has 1 N–H and O–H groups in total. The molecular formula is C22H23N3O. The fraction of sp³-hybridized carbons (Fsp3) is 0.273. The second-order valence-corrected chi connectivity index (χ2v) is 6.97. The Morgan fingerprint density at radius 1 is 1.08 bits per heavy atom. The zero-order chi connectivity index (χ0) is 18.1. The van der Waals surface area contributed by atoms with Gasteiger partial charge in [-0.3, -0.25) is 4.79 Å². The molecule has 0 aliphatic heterocycles. The zero-order valence-corrected chi connectivity index (χ0v) is 15.1. The Hall–Kier alpha value is -2.88. The van der Waals surface area contributed by atoms with E-state index in [4.69, 9.17) is 0 Å². The third-order valence-corrected chi connectivity index (χ3v) is 5.24. The van der Waals surface area contributed by atoms with Crippen LogP contribution in [0.3, 0.4) is 0 Å². The number of hydrogen-bond acceptors (Lipinski definition) is 2. The molecule has 1 saturated carbocycles. The first-order valence-electron chi connectivity index (χ1n) is 9.08. The van der Waals surface area contributed by atoms with Crippen molar-refractivity contribution in [1.29, 1.82) is 0 Å². The number of aromatic nitrogens is 2.